The van der Waals surface area contributed by atoms with Gasteiger partial charge in [-0.3, -0.25) is 0 Å². The Kier molecular flexibility index (Phi) is 12.9. The molecule has 0 saturated heterocycles. The van der Waals surface area contributed by atoms with Crippen LogP contribution in [0.25, 0.3) is 0 Å². The molecule has 0 aliphatic carbocycles. The topological polar surface area (TPSA) is 121 Å². The molecule has 0 atom stereocenters. The number of rotatable bonds is 16. The molecular weight excluding hydrogens is 632 g/mol. The SMILES string of the molecule is CCCCOc1ccc(N=Nc2ccc(C(=O)Oc3ccccc3OC(=O)c3ccc(N=Nc4ccc(OCCCC)cc4)cc3)cc2)cc1. The lowest BCUT2D eigenvalue weighted by atomic mass is 10.2. The molecule has 0 unspecified atom stereocenters. The van der Waals surface area contributed by atoms with E-state index in [9.17, 15) is 9.59 Å². The number of unbranched alkanes of at least 4 members (excludes halogenated alkanes) is 2. The largest absolute Gasteiger partial charge is 0.494 e. The molecule has 0 saturated carbocycles. The standard InChI is InChI=1S/C40H38N4O6/c1-3-5-27-47-35-23-19-33(20-24-35)43-41-31-15-11-29(12-16-31)39(45)49-37-9-7-8-10-38(37)50-40(46)30-13-17-32(18-14-30)42-44-34-21-25-36(26-22-34)48-28-6-4-2/h7-26H,3-6,27-28H2,1-2H3. The van der Waals surface area contributed by atoms with E-state index in [1.54, 1.807) is 72.8 Å². The van der Waals surface area contributed by atoms with Crippen LogP contribution in [-0.2, 0) is 0 Å². The number of esters is 2. The van der Waals surface area contributed by atoms with Gasteiger partial charge in [0.25, 0.3) is 0 Å². The van der Waals surface area contributed by atoms with Crippen molar-refractivity contribution < 1.29 is 28.5 Å². The molecule has 50 heavy (non-hydrogen) atoms. The van der Waals surface area contributed by atoms with Crippen molar-refractivity contribution in [3.63, 3.8) is 0 Å². The van der Waals surface area contributed by atoms with Crippen LogP contribution in [0.15, 0.2) is 142 Å². The Morgan fingerprint density at radius 2 is 0.780 bits per heavy atom. The fourth-order valence-electron chi connectivity index (χ4n) is 4.38. The van der Waals surface area contributed by atoms with Crippen LogP contribution in [0.4, 0.5) is 22.7 Å². The van der Waals surface area contributed by atoms with Crippen LogP contribution >= 0.6 is 0 Å². The van der Waals surface area contributed by atoms with Crippen LogP contribution < -0.4 is 18.9 Å². The maximum atomic E-state index is 13.0. The van der Waals surface area contributed by atoms with E-state index < -0.39 is 11.9 Å². The monoisotopic (exact) mass is 670 g/mol. The molecule has 254 valence electrons. The molecule has 0 heterocycles. The summed E-state index contributed by atoms with van der Waals surface area (Å²) in [4.78, 5) is 25.9. The molecule has 5 aromatic rings. The van der Waals surface area contributed by atoms with Crippen LogP contribution in [0.1, 0.15) is 60.2 Å². The third-order valence-electron chi connectivity index (χ3n) is 7.23. The third kappa shape index (κ3) is 10.7. The zero-order valence-electron chi connectivity index (χ0n) is 28.0. The van der Waals surface area contributed by atoms with Crippen molar-refractivity contribution >= 4 is 34.7 Å². The Bertz CT molecular complexity index is 1750. The van der Waals surface area contributed by atoms with Gasteiger partial charge in [0, 0.05) is 0 Å². The van der Waals surface area contributed by atoms with E-state index in [1.165, 1.54) is 0 Å². The van der Waals surface area contributed by atoms with Gasteiger partial charge in [-0.2, -0.15) is 20.5 Å². The van der Waals surface area contributed by atoms with Crippen molar-refractivity contribution in [1.82, 2.24) is 0 Å². The summed E-state index contributed by atoms with van der Waals surface area (Å²) in [6.45, 7) is 5.59. The summed E-state index contributed by atoms with van der Waals surface area (Å²) >= 11 is 0. The number of benzene rings is 5. The van der Waals surface area contributed by atoms with Crippen molar-refractivity contribution in [2.75, 3.05) is 13.2 Å². The first-order chi connectivity index (χ1) is 24.5. The maximum absolute atomic E-state index is 13.0. The van der Waals surface area contributed by atoms with E-state index in [2.05, 4.69) is 34.3 Å². The average Bonchev–Trinajstić information content (AvgIpc) is 3.15. The molecule has 0 amide bonds. The molecule has 0 spiro atoms. The predicted molar refractivity (Wildman–Crippen MR) is 191 cm³/mol. The lowest BCUT2D eigenvalue weighted by Gasteiger charge is -2.10. The van der Waals surface area contributed by atoms with Crippen molar-refractivity contribution in [1.29, 1.82) is 0 Å². The lowest BCUT2D eigenvalue weighted by molar-refractivity contribution is 0.0682. The first-order valence-electron chi connectivity index (χ1n) is 16.5. The van der Waals surface area contributed by atoms with Gasteiger partial charge in [0.05, 0.1) is 47.1 Å². The quantitative estimate of drug-likeness (QED) is 0.0446. The number of hydrogen-bond donors (Lipinski definition) is 0. The molecule has 0 aliphatic heterocycles. The molecule has 0 radical (unpaired) electrons. The molecular formula is C40H38N4O6. The Labute approximate surface area is 291 Å². The zero-order valence-corrected chi connectivity index (χ0v) is 28.0. The summed E-state index contributed by atoms with van der Waals surface area (Å²) < 4.78 is 22.5. The van der Waals surface area contributed by atoms with Crippen LogP contribution in [0.5, 0.6) is 23.0 Å². The highest BCUT2D eigenvalue weighted by molar-refractivity contribution is 5.93. The van der Waals surface area contributed by atoms with Gasteiger partial charge < -0.3 is 18.9 Å². The van der Waals surface area contributed by atoms with Gasteiger partial charge in [0.2, 0.25) is 0 Å². The minimum atomic E-state index is -0.621. The van der Waals surface area contributed by atoms with Crippen molar-refractivity contribution in [2.24, 2.45) is 20.5 Å². The number of carbonyl (C=O) groups is 2. The fourth-order valence-corrected chi connectivity index (χ4v) is 4.38. The summed E-state index contributed by atoms with van der Waals surface area (Å²) in [5.41, 5.74) is 3.06. The summed E-state index contributed by atoms with van der Waals surface area (Å²) in [6.07, 6.45) is 4.15. The molecule has 0 bridgehead atoms. The molecule has 0 aliphatic rings. The smallest absolute Gasteiger partial charge is 0.343 e. The Hall–Kier alpha value is -6.16. The van der Waals surface area contributed by atoms with Gasteiger partial charge in [-0.15, -0.1) is 0 Å². The van der Waals surface area contributed by atoms with Gasteiger partial charge >= 0.3 is 11.9 Å². The molecule has 0 N–H and O–H groups in total. The van der Waals surface area contributed by atoms with Crippen LogP contribution in [-0.4, -0.2) is 25.2 Å². The van der Waals surface area contributed by atoms with E-state index in [1.807, 2.05) is 48.5 Å². The summed E-state index contributed by atoms with van der Waals surface area (Å²) in [5.74, 6) is 0.536. The predicted octanol–water partition coefficient (Wildman–Crippen LogP) is 11.3. The third-order valence-corrected chi connectivity index (χ3v) is 7.23. The summed E-state index contributed by atoms with van der Waals surface area (Å²) in [5, 5.41) is 17.0. The summed E-state index contributed by atoms with van der Waals surface area (Å²) in [6, 6.07) is 34.2. The van der Waals surface area contributed by atoms with Gasteiger partial charge in [-0.05, 0) is 122 Å². The molecule has 10 nitrogen and oxygen atoms in total. The van der Waals surface area contributed by atoms with Gasteiger partial charge in [0.1, 0.15) is 11.5 Å². The zero-order chi connectivity index (χ0) is 35.0. The minimum Gasteiger partial charge on any atom is -0.494 e. The van der Waals surface area contributed by atoms with Crippen molar-refractivity contribution in [3.8, 4) is 23.0 Å². The number of hydrogen-bond acceptors (Lipinski definition) is 10. The average molecular weight is 671 g/mol. The van der Waals surface area contributed by atoms with Crippen LogP contribution in [0, 0.1) is 0 Å². The second-order valence-electron chi connectivity index (χ2n) is 11.1. The second kappa shape index (κ2) is 18.4. The maximum Gasteiger partial charge on any atom is 0.343 e. The van der Waals surface area contributed by atoms with E-state index in [0.717, 1.165) is 37.2 Å². The van der Waals surface area contributed by atoms with E-state index in [4.69, 9.17) is 18.9 Å². The molecule has 0 fully saturated rings. The van der Waals surface area contributed by atoms with E-state index in [-0.39, 0.29) is 11.5 Å². The molecule has 0 aromatic heterocycles. The van der Waals surface area contributed by atoms with Gasteiger partial charge in [-0.1, -0.05) is 38.8 Å². The highest BCUT2D eigenvalue weighted by Gasteiger charge is 2.16. The first kappa shape index (κ1) is 35.2. The molecule has 10 heteroatoms. The number of ether oxygens (including phenoxy) is 4. The highest BCUT2D eigenvalue weighted by Crippen LogP contribution is 2.29. The Morgan fingerprint density at radius 3 is 1.10 bits per heavy atom. The molecule has 5 rings (SSSR count). The van der Waals surface area contributed by atoms with Gasteiger partial charge in [-0.25, -0.2) is 9.59 Å². The first-order valence-corrected chi connectivity index (χ1v) is 16.5. The van der Waals surface area contributed by atoms with Gasteiger partial charge in [0.15, 0.2) is 11.5 Å². The highest BCUT2D eigenvalue weighted by atomic mass is 16.6. The summed E-state index contributed by atoms with van der Waals surface area (Å²) in [7, 11) is 0. The van der Waals surface area contributed by atoms with E-state index in [0.29, 0.717) is 47.1 Å². The van der Waals surface area contributed by atoms with Crippen LogP contribution in [0.2, 0.25) is 0 Å². The number of nitrogens with zero attached hydrogens (tertiary/aromatic N) is 4. The van der Waals surface area contributed by atoms with E-state index >= 15 is 0 Å². The van der Waals surface area contributed by atoms with Crippen molar-refractivity contribution in [2.45, 2.75) is 39.5 Å². The van der Waals surface area contributed by atoms with Crippen LogP contribution in [0.3, 0.4) is 0 Å². The number of para-hydroxylation sites is 2. The number of azo groups is 2. The fraction of sp³-hybridized carbons (Fsp3) is 0.200. The number of carbonyl (C=O) groups excluding carboxylic acids is 2. The second-order valence-corrected chi connectivity index (χ2v) is 11.1. The lowest BCUT2D eigenvalue weighted by Crippen LogP contribution is -2.12. The Morgan fingerprint density at radius 1 is 0.460 bits per heavy atom. The Balaban J connectivity index is 1.14. The molecule has 5 aromatic carbocycles. The normalized spacial score (nSPS) is 11.1. The van der Waals surface area contributed by atoms with Crippen molar-refractivity contribution in [3.05, 3.63) is 132 Å². The minimum absolute atomic E-state index is 0.101.